The molecule has 7 nitrogen and oxygen atoms in total. The Kier molecular flexibility index (Phi) is 4.53. The lowest BCUT2D eigenvalue weighted by Gasteiger charge is -2.35. The second-order valence-corrected chi connectivity index (χ2v) is 7.08. The second-order valence-electron chi connectivity index (χ2n) is 7.08. The number of likely N-dealkylation sites (N-methyl/N-ethyl adjacent to an activating group) is 1. The predicted molar refractivity (Wildman–Crippen MR) is 105 cm³/mol. The number of para-hydroxylation sites is 1. The number of hydrogen-bond donors (Lipinski definition) is 1. The molecule has 1 aromatic carbocycles. The first-order chi connectivity index (χ1) is 13.0. The summed E-state index contributed by atoms with van der Waals surface area (Å²) in [4.78, 5) is 34.9. The number of pyridine rings is 1. The Bertz CT molecular complexity index is 870. The van der Waals surface area contributed by atoms with Crippen molar-refractivity contribution in [1.29, 1.82) is 0 Å². The molecule has 2 aliphatic rings. The molecule has 0 radical (unpaired) electrons. The van der Waals surface area contributed by atoms with Gasteiger partial charge in [-0.2, -0.15) is 0 Å². The molecule has 1 fully saturated rings. The maximum absolute atomic E-state index is 12.6. The average molecular weight is 365 g/mol. The van der Waals surface area contributed by atoms with Gasteiger partial charge in [0.1, 0.15) is 6.04 Å². The number of benzene rings is 1. The first-order valence-corrected chi connectivity index (χ1v) is 9.13. The van der Waals surface area contributed by atoms with Gasteiger partial charge in [-0.1, -0.05) is 18.2 Å². The molecule has 4 rings (SSSR count). The van der Waals surface area contributed by atoms with Crippen molar-refractivity contribution >= 4 is 29.0 Å². The molecule has 27 heavy (non-hydrogen) atoms. The van der Waals surface area contributed by atoms with Crippen LogP contribution in [0.4, 0.5) is 17.2 Å². The van der Waals surface area contributed by atoms with Gasteiger partial charge in [0.25, 0.3) is 0 Å². The van der Waals surface area contributed by atoms with E-state index in [0.717, 1.165) is 29.3 Å². The number of fused-ring (bicyclic) bond motifs is 1. The van der Waals surface area contributed by atoms with Crippen LogP contribution >= 0.6 is 0 Å². The van der Waals surface area contributed by atoms with Crippen LogP contribution in [0.1, 0.15) is 12.5 Å². The van der Waals surface area contributed by atoms with E-state index in [1.807, 2.05) is 66.4 Å². The highest BCUT2D eigenvalue weighted by Gasteiger charge is 2.29. The van der Waals surface area contributed by atoms with Crippen molar-refractivity contribution < 1.29 is 9.59 Å². The minimum Gasteiger partial charge on any atom is -0.346 e. The molecule has 1 N–H and O–H groups in total. The van der Waals surface area contributed by atoms with Gasteiger partial charge < -0.3 is 15.1 Å². The molecule has 1 aromatic heterocycles. The Labute approximate surface area is 158 Å². The van der Waals surface area contributed by atoms with Gasteiger partial charge in [-0.3, -0.25) is 14.5 Å². The van der Waals surface area contributed by atoms with Gasteiger partial charge in [0, 0.05) is 38.6 Å². The number of carbonyl (C=O) groups excluding carboxylic acids is 2. The standard InChI is InChI=1S/C20H23N5O2/c1-14-20(27)22-17-10-15(11-21-19(17)23(14)2)12-24-8-9-25(18(26)13-24)16-6-4-3-5-7-16/h3-7,10-11,14H,8-9,12-13H2,1-2H3,(H,22,27). The van der Waals surface area contributed by atoms with Crippen molar-refractivity contribution in [2.75, 3.05) is 41.8 Å². The highest BCUT2D eigenvalue weighted by molar-refractivity contribution is 6.02. The van der Waals surface area contributed by atoms with E-state index in [0.29, 0.717) is 19.6 Å². The number of rotatable bonds is 3. The molecule has 1 saturated heterocycles. The van der Waals surface area contributed by atoms with E-state index in [9.17, 15) is 9.59 Å². The van der Waals surface area contributed by atoms with Crippen molar-refractivity contribution in [3.63, 3.8) is 0 Å². The molecule has 1 atom stereocenters. The summed E-state index contributed by atoms with van der Waals surface area (Å²) >= 11 is 0. The topological polar surface area (TPSA) is 68.8 Å². The van der Waals surface area contributed by atoms with Crippen molar-refractivity contribution in [3.8, 4) is 0 Å². The summed E-state index contributed by atoms with van der Waals surface area (Å²) in [6.07, 6.45) is 1.83. The highest BCUT2D eigenvalue weighted by atomic mass is 16.2. The first-order valence-electron chi connectivity index (χ1n) is 9.13. The third kappa shape index (κ3) is 3.38. The monoisotopic (exact) mass is 365 g/mol. The zero-order chi connectivity index (χ0) is 19.0. The Morgan fingerprint density at radius 2 is 1.96 bits per heavy atom. The van der Waals surface area contributed by atoms with Crippen molar-refractivity contribution in [3.05, 3.63) is 48.2 Å². The number of carbonyl (C=O) groups is 2. The van der Waals surface area contributed by atoms with Crippen LogP contribution in [0.2, 0.25) is 0 Å². The van der Waals surface area contributed by atoms with Gasteiger partial charge in [-0.15, -0.1) is 0 Å². The van der Waals surface area contributed by atoms with Crippen molar-refractivity contribution in [2.24, 2.45) is 0 Å². The summed E-state index contributed by atoms with van der Waals surface area (Å²) in [6, 6.07) is 11.5. The number of piperazine rings is 1. The summed E-state index contributed by atoms with van der Waals surface area (Å²) in [5, 5.41) is 2.92. The fourth-order valence-corrected chi connectivity index (χ4v) is 3.55. The first kappa shape index (κ1) is 17.5. The summed E-state index contributed by atoms with van der Waals surface area (Å²) in [7, 11) is 1.87. The van der Waals surface area contributed by atoms with E-state index in [1.165, 1.54) is 0 Å². The van der Waals surface area contributed by atoms with Crippen LogP contribution < -0.4 is 15.1 Å². The molecule has 7 heteroatoms. The molecule has 0 saturated carbocycles. The lowest BCUT2D eigenvalue weighted by Crippen LogP contribution is -2.50. The minimum absolute atomic E-state index is 0.0318. The molecule has 2 aromatic rings. The Morgan fingerprint density at radius 1 is 1.19 bits per heavy atom. The van der Waals surface area contributed by atoms with Crippen LogP contribution in [-0.2, 0) is 16.1 Å². The van der Waals surface area contributed by atoms with Crippen LogP contribution in [0, 0.1) is 0 Å². The van der Waals surface area contributed by atoms with E-state index in [2.05, 4.69) is 15.2 Å². The lowest BCUT2D eigenvalue weighted by molar-refractivity contribution is -0.121. The zero-order valence-corrected chi connectivity index (χ0v) is 15.6. The molecule has 3 heterocycles. The number of amides is 2. The summed E-state index contributed by atoms with van der Waals surface area (Å²) < 4.78 is 0. The molecule has 140 valence electrons. The number of anilines is 3. The van der Waals surface area contributed by atoms with Gasteiger partial charge in [0.05, 0.1) is 12.2 Å². The van der Waals surface area contributed by atoms with Crippen LogP contribution in [0.3, 0.4) is 0 Å². The summed E-state index contributed by atoms with van der Waals surface area (Å²) in [5.74, 6) is 0.839. The SMILES string of the molecule is CC1C(=O)Nc2cc(CN3CCN(c4ccccc4)C(=O)C3)cnc2N1C. The van der Waals surface area contributed by atoms with Crippen LogP contribution in [0.25, 0.3) is 0 Å². The van der Waals surface area contributed by atoms with Gasteiger partial charge in [-0.05, 0) is 30.7 Å². The van der Waals surface area contributed by atoms with E-state index in [1.54, 1.807) is 0 Å². The molecule has 0 aliphatic carbocycles. The average Bonchev–Trinajstić information content (AvgIpc) is 2.67. The number of nitrogens with one attached hydrogen (secondary N) is 1. The fourth-order valence-electron chi connectivity index (χ4n) is 3.55. The minimum atomic E-state index is -0.237. The van der Waals surface area contributed by atoms with E-state index >= 15 is 0 Å². The largest absolute Gasteiger partial charge is 0.346 e. The second kappa shape index (κ2) is 7.00. The van der Waals surface area contributed by atoms with Gasteiger partial charge in [0.15, 0.2) is 5.82 Å². The van der Waals surface area contributed by atoms with E-state index in [4.69, 9.17) is 0 Å². The smallest absolute Gasteiger partial charge is 0.246 e. The number of aromatic nitrogens is 1. The predicted octanol–water partition coefficient (Wildman–Crippen LogP) is 1.71. The molecular weight excluding hydrogens is 342 g/mol. The normalized spacial score (nSPS) is 20.4. The van der Waals surface area contributed by atoms with Crippen LogP contribution in [-0.4, -0.2) is 54.4 Å². The van der Waals surface area contributed by atoms with Gasteiger partial charge in [0.2, 0.25) is 11.8 Å². The third-order valence-corrected chi connectivity index (χ3v) is 5.25. The highest BCUT2D eigenvalue weighted by Crippen LogP contribution is 2.29. The Balaban J connectivity index is 1.44. The fraction of sp³-hybridized carbons (Fsp3) is 0.350. The van der Waals surface area contributed by atoms with Crippen LogP contribution in [0.15, 0.2) is 42.6 Å². The maximum Gasteiger partial charge on any atom is 0.246 e. The molecular formula is C20H23N5O2. The molecule has 0 bridgehead atoms. The van der Waals surface area contributed by atoms with Gasteiger partial charge in [-0.25, -0.2) is 4.98 Å². The quantitative estimate of drug-likeness (QED) is 0.897. The third-order valence-electron chi connectivity index (χ3n) is 5.25. The lowest BCUT2D eigenvalue weighted by atomic mass is 10.1. The van der Waals surface area contributed by atoms with Crippen molar-refractivity contribution in [1.82, 2.24) is 9.88 Å². The maximum atomic E-state index is 12.6. The zero-order valence-electron chi connectivity index (χ0n) is 15.6. The van der Waals surface area contributed by atoms with E-state index < -0.39 is 0 Å². The molecule has 2 amide bonds. The Morgan fingerprint density at radius 3 is 2.70 bits per heavy atom. The molecule has 2 aliphatic heterocycles. The summed E-state index contributed by atoms with van der Waals surface area (Å²) in [5.41, 5.74) is 2.66. The van der Waals surface area contributed by atoms with E-state index in [-0.39, 0.29) is 17.9 Å². The number of nitrogens with zero attached hydrogens (tertiary/aromatic N) is 4. The van der Waals surface area contributed by atoms with Gasteiger partial charge >= 0.3 is 0 Å². The number of hydrogen-bond acceptors (Lipinski definition) is 5. The van der Waals surface area contributed by atoms with Crippen LogP contribution in [0.5, 0.6) is 0 Å². The van der Waals surface area contributed by atoms with Crippen molar-refractivity contribution in [2.45, 2.75) is 19.5 Å². The summed E-state index contributed by atoms with van der Waals surface area (Å²) in [6.45, 7) is 4.31. The Hall–Kier alpha value is -2.93. The molecule has 1 unspecified atom stereocenters. The molecule has 0 spiro atoms.